The summed E-state index contributed by atoms with van der Waals surface area (Å²) >= 11 is 1.32. The minimum Gasteiger partial charge on any atom is -0.342 e. The molecule has 1 atom stereocenters. The molecular weight excluding hydrogens is 446 g/mol. The summed E-state index contributed by atoms with van der Waals surface area (Å²) in [6, 6.07) is 20.9. The number of nitrogens with one attached hydrogen (secondary N) is 2. The van der Waals surface area contributed by atoms with E-state index < -0.39 is 0 Å². The highest BCUT2D eigenvalue weighted by Crippen LogP contribution is 2.25. The normalized spacial score (nSPS) is 11.9. The standard InChI is InChI=1S/C26H27N5O2S/c1-4-31-24(18(3)27-25(33)20-13-7-5-10-17(20)2)29-30-26(31)34-16-23(32)28-22-15-9-12-19-11-6-8-14-21(19)22/h5-15,18H,4,16H2,1-3H3,(H,27,33)(H,28,32)/t18-/m1/s1. The van der Waals surface area contributed by atoms with Crippen molar-refractivity contribution in [2.24, 2.45) is 0 Å². The van der Waals surface area contributed by atoms with Gasteiger partial charge in [-0.2, -0.15) is 0 Å². The number of carbonyl (C=O) groups is 2. The van der Waals surface area contributed by atoms with Crippen LogP contribution in [0.4, 0.5) is 5.69 Å². The maximum Gasteiger partial charge on any atom is 0.252 e. The Bertz CT molecular complexity index is 1330. The Kier molecular flexibility index (Phi) is 7.27. The number of thioether (sulfide) groups is 1. The Morgan fingerprint density at radius 1 is 1.00 bits per heavy atom. The van der Waals surface area contributed by atoms with Gasteiger partial charge in [0.15, 0.2) is 11.0 Å². The number of amides is 2. The first-order valence-electron chi connectivity index (χ1n) is 11.2. The number of hydrogen-bond donors (Lipinski definition) is 2. The molecule has 0 aliphatic heterocycles. The summed E-state index contributed by atoms with van der Waals surface area (Å²) in [4.78, 5) is 25.4. The highest BCUT2D eigenvalue weighted by atomic mass is 32.2. The van der Waals surface area contributed by atoms with Crippen LogP contribution in [-0.2, 0) is 11.3 Å². The maximum atomic E-state index is 12.7. The molecule has 0 aliphatic rings. The van der Waals surface area contributed by atoms with Crippen molar-refractivity contribution in [3.05, 3.63) is 83.7 Å². The molecule has 34 heavy (non-hydrogen) atoms. The molecule has 0 saturated heterocycles. The van der Waals surface area contributed by atoms with Gasteiger partial charge in [0.2, 0.25) is 5.91 Å². The lowest BCUT2D eigenvalue weighted by Gasteiger charge is -2.16. The molecule has 3 aromatic carbocycles. The fourth-order valence-corrected chi connectivity index (χ4v) is 4.65. The van der Waals surface area contributed by atoms with Crippen LogP contribution < -0.4 is 10.6 Å². The van der Waals surface area contributed by atoms with Crippen LogP contribution in [0.2, 0.25) is 0 Å². The molecular formula is C26H27N5O2S. The molecule has 1 aromatic heterocycles. The summed E-state index contributed by atoms with van der Waals surface area (Å²) in [5, 5.41) is 17.3. The molecule has 4 aromatic rings. The lowest BCUT2D eigenvalue weighted by molar-refractivity contribution is -0.113. The second-order valence-electron chi connectivity index (χ2n) is 7.96. The minimum absolute atomic E-state index is 0.116. The third-order valence-corrected chi connectivity index (χ3v) is 6.55. The van der Waals surface area contributed by atoms with Gasteiger partial charge in [0.25, 0.3) is 5.91 Å². The Morgan fingerprint density at radius 3 is 2.53 bits per heavy atom. The molecule has 2 N–H and O–H groups in total. The van der Waals surface area contributed by atoms with E-state index in [1.807, 2.05) is 86.0 Å². The van der Waals surface area contributed by atoms with Gasteiger partial charge in [0, 0.05) is 23.2 Å². The highest BCUT2D eigenvalue weighted by molar-refractivity contribution is 7.99. The van der Waals surface area contributed by atoms with E-state index in [2.05, 4.69) is 20.8 Å². The molecule has 174 valence electrons. The predicted octanol–water partition coefficient (Wildman–Crippen LogP) is 4.98. The van der Waals surface area contributed by atoms with Crippen LogP contribution in [0, 0.1) is 6.92 Å². The third kappa shape index (κ3) is 5.12. The first-order valence-corrected chi connectivity index (χ1v) is 12.2. The molecule has 0 unspecified atom stereocenters. The smallest absolute Gasteiger partial charge is 0.252 e. The van der Waals surface area contributed by atoms with Gasteiger partial charge < -0.3 is 15.2 Å². The van der Waals surface area contributed by atoms with Crippen LogP contribution in [0.3, 0.4) is 0 Å². The Hall–Kier alpha value is -3.65. The summed E-state index contributed by atoms with van der Waals surface area (Å²) in [5.41, 5.74) is 2.34. The number of fused-ring (bicyclic) bond motifs is 1. The van der Waals surface area contributed by atoms with Crippen LogP contribution in [0.5, 0.6) is 0 Å². The Morgan fingerprint density at radius 2 is 1.74 bits per heavy atom. The van der Waals surface area contributed by atoms with Gasteiger partial charge in [-0.15, -0.1) is 10.2 Å². The third-order valence-electron chi connectivity index (χ3n) is 5.58. The number of anilines is 1. The minimum atomic E-state index is -0.335. The molecule has 0 radical (unpaired) electrons. The number of hydrogen-bond acceptors (Lipinski definition) is 5. The van der Waals surface area contributed by atoms with Gasteiger partial charge >= 0.3 is 0 Å². The lowest BCUT2D eigenvalue weighted by atomic mass is 10.1. The van der Waals surface area contributed by atoms with Crippen LogP contribution in [-0.4, -0.2) is 32.3 Å². The molecule has 2 amide bonds. The van der Waals surface area contributed by atoms with Gasteiger partial charge in [-0.05, 0) is 43.9 Å². The number of aryl methyl sites for hydroxylation is 1. The van der Waals surface area contributed by atoms with Crippen LogP contribution in [0.15, 0.2) is 71.9 Å². The fraction of sp³-hybridized carbons (Fsp3) is 0.231. The van der Waals surface area contributed by atoms with Crippen molar-refractivity contribution in [1.29, 1.82) is 0 Å². The van der Waals surface area contributed by atoms with Crippen molar-refractivity contribution in [3.8, 4) is 0 Å². The summed E-state index contributed by atoms with van der Waals surface area (Å²) in [6.07, 6.45) is 0. The average molecular weight is 474 g/mol. The van der Waals surface area contributed by atoms with Gasteiger partial charge in [0.1, 0.15) is 0 Å². The van der Waals surface area contributed by atoms with E-state index in [-0.39, 0.29) is 23.6 Å². The maximum absolute atomic E-state index is 12.7. The van der Waals surface area contributed by atoms with Crippen molar-refractivity contribution in [3.63, 3.8) is 0 Å². The summed E-state index contributed by atoms with van der Waals surface area (Å²) < 4.78 is 1.93. The fourth-order valence-electron chi connectivity index (χ4n) is 3.84. The first-order chi connectivity index (χ1) is 16.5. The topological polar surface area (TPSA) is 88.9 Å². The van der Waals surface area contributed by atoms with Gasteiger partial charge in [-0.25, -0.2) is 0 Å². The van der Waals surface area contributed by atoms with E-state index in [1.54, 1.807) is 6.07 Å². The molecule has 0 fully saturated rings. The molecule has 4 rings (SSSR count). The monoisotopic (exact) mass is 473 g/mol. The number of aromatic nitrogens is 3. The number of carbonyl (C=O) groups excluding carboxylic acids is 2. The molecule has 7 nitrogen and oxygen atoms in total. The van der Waals surface area contributed by atoms with Gasteiger partial charge in [-0.3, -0.25) is 9.59 Å². The molecule has 0 aliphatic carbocycles. The molecule has 0 saturated carbocycles. The number of rotatable bonds is 8. The average Bonchev–Trinajstić information content (AvgIpc) is 3.26. The van der Waals surface area contributed by atoms with Crippen molar-refractivity contribution >= 4 is 40.0 Å². The molecule has 0 spiro atoms. The Balaban J connectivity index is 1.41. The largest absolute Gasteiger partial charge is 0.342 e. The zero-order valence-electron chi connectivity index (χ0n) is 19.4. The van der Waals surface area contributed by atoms with Crippen LogP contribution in [0.25, 0.3) is 10.8 Å². The van der Waals surface area contributed by atoms with Crippen molar-refractivity contribution < 1.29 is 9.59 Å². The molecule has 0 bridgehead atoms. The summed E-state index contributed by atoms with van der Waals surface area (Å²) in [6.45, 7) is 6.41. The second-order valence-corrected chi connectivity index (χ2v) is 8.90. The molecule has 1 heterocycles. The lowest BCUT2D eigenvalue weighted by Crippen LogP contribution is -2.29. The van der Waals surface area contributed by atoms with E-state index in [9.17, 15) is 9.59 Å². The zero-order chi connectivity index (χ0) is 24.1. The van der Waals surface area contributed by atoms with Crippen molar-refractivity contribution in [2.75, 3.05) is 11.1 Å². The first kappa shape index (κ1) is 23.5. The van der Waals surface area contributed by atoms with E-state index in [1.165, 1.54) is 11.8 Å². The van der Waals surface area contributed by atoms with Crippen molar-refractivity contribution in [2.45, 2.75) is 38.5 Å². The van der Waals surface area contributed by atoms with E-state index >= 15 is 0 Å². The summed E-state index contributed by atoms with van der Waals surface area (Å²) in [7, 11) is 0. The summed E-state index contributed by atoms with van der Waals surface area (Å²) in [5.74, 6) is 0.585. The zero-order valence-corrected chi connectivity index (χ0v) is 20.2. The van der Waals surface area contributed by atoms with Crippen LogP contribution in [0.1, 0.15) is 41.6 Å². The van der Waals surface area contributed by atoms with E-state index in [4.69, 9.17) is 0 Å². The molecule has 8 heteroatoms. The van der Waals surface area contributed by atoms with Gasteiger partial charge in [-0.1, -0.05) is 66.4 Å². The quantitative estimate of drug-likeness (QED) is 0.352. The highest BCUT2D eigenvalue weighted by Gasteiger charge is 2.21. The van der Waals surface area contributed by atoms with Gasteiger partial charge in [0.05, 0.1) is 11.8 Å². The SMILES string of the molecule is CCn1c(SCC(=O)Nc2cccc3ccccc23)nnc1[C@@H](C)NC(=O)c1ccccc1C. The van der Waals surface area contributed by atoms with Crippen molar-refractivity contribution in [1.82, 2.24) is 20.1 Å². The van der Waals surface area contributed by atoms with E-state index in [0.29, 0.717) is 23.1 Å². The van der Waals surface area contributed by atoms with E-state index in [0.717, 1.165) is 22.0 Å². The number of benzene rings is 3. The predicted molar refractivity (Wildman–Crippen MR) is 136 cm³/mol. The second kappa shape index (κ2) is 10.5. The number of nitrogens with zero attached hydrogens (tertiary/aromatic N) is 3. The Labute approximate surface area is 203 Å². The van der Waals surface area contributed by atoms with Crippen LogP contribution >= 0.6 is 11.8 Å².